The highest BCUT2D eigenvalue weighted by atomic mass is 32.2. The molecule has 0 aromatic heterocycles. The maximum atomic E-state index is 12.2. The van der Waals surface area contributed by atoms with Crippen LogP contribution in [0.5, 0.6) is 0 Å². The molecule has 0 heterocycles. The van der Waals surface area contributed by atoms with Gasteiger partial charge < -0.3 is 5.32 Å². The zero-order chi connectivity index (χ0) is 14.0. The van der Waals surface area contributed by atoms with Gasteiger partial charge in [-0.2, -0.15) is 8.78 Å². The molecule has 19 heavy (non-hydrogen) atoms. The van der Waals surface area contributed by atoms with Gasteiger partial charge in [0, 0.05) is 16.6 Å². The minimum atomic E-state index is -2.35. The number of benzene rings is 1. The topological polar surface area (TPSA) is 12.0 Å². The zero-order valence-corrected chi connectivity index (χ0v) is 12.4. The Morgan fingerprint density at radius 1 is 1.21 bits per heavy atom. The zero-order valence-electron chi connectivity index (χ0n) is 11.6. The van der Waals surface area contributed by atoms with Crippen LogP contribution in [0.15, 0.2) is 29.2 Å². The van der Waals surface area contributed by atoms with Crippen molar-refractivity contribution in [3.63, 3.8) is 0 Å². The summed E-state index contributed by atoms with van der Waals surface area (Å²) in [7, 11) is 0. The van der Waals surface area contributed by atoms with E-state index in [0.29, 0.717) is 34.0 Å². The average Bonchev–Trinajstić information content (AvgIpc) is 2.54. The molecule has 0 radical (unpaired) electrons. The number of nitrogens with one attached hydrogen (secondary N) is 1. The van der Waals surface area contributed by atoms with E-state index >= 15 is 0 Å². The van der Waals surface area contributed by atoms with Gasteiger partial charge in [0.05, 0.1) is 0 Å². The van der Waals surface area contributed by atoms with Gasteiger partial charge in [0.2, 0.25) is 0 Å². The molecule has 0 amide bonds. The van der Waals surface area contributed by atoms with Gasteiger partial charge in [-0.15, -0.1) is 0 Å². The Labute approximate surface area is 118 Å². The first kappa shape index (κ1) is 14.6. The number of rotatable bonds is 4. The van der Waals surface area contributed by atoms with Crippen LogP contribution in [0.2, 0.25) is 0 Å². The number of hydrogen-bond donors (Lipinski definition) is 1. The lowest BCUT2D eigenvalue weighted by molar-refractivity contribution is 0.252. The first-order valence-corrected chi connectivity index (χ1v) is 7.55. The smallest absolute Gasteiger partial charge is 0.288 e. The minimum absolute atomic E-state index is 0.391. The molecule has 1 nitrogen and oxygen atoms in total. The van der Waals surface area contributed by atoms with Gasteiger partial charge in [0.1, 0.15) is 0 Å². The molecule has 1 saturated carbocycles. The fraction of sp³-hybridized carbons (Fsp3) is 0.600. The maximum absolute atomic E-state index is 12.2. The van der Waals surface area contributed by atoms with E-state index in [1.54, 1.807) is 12.1 Å². The molecular weight excluding hydrogens is 264 g/mol. The Hall–Kier alpha value is -0.770. The second-order valence-corrected chi connectivity index (χ2v) is 7.27. The van der Waals surface area contributed by atoms with Crippen LogP contribution in [0.3, 0.4) is 0 Å². The van der Waals surface area contributed by atoms with Gasteiger partial charge in [0.15, 0.2) is 0 Å². The number of hydrogen-bond acceptors (Lipinski definition) is 2. The summed E-state index contributed by atoms with van der Waals surface area (Å²) in [6.45, 7) is 6.87. The molecule has 1 aliphatic rings. The monoisotopic (exact) mass is 285 g/mol. The van der Waals surface area contributed by atoms with Gasteiger partial charge in [0.25, 0.3) is 5.76 Å². The largest absolute Gasteiger partial charge is 0.382 e. The summed E-state index contributed by atoms with van der Waals surface area (Å²) in [5, 5.41) is 3.53. The quantitative estimate of drug-likeness (QED) is 0.759. The lowest BCUT2D eigenvalue weighted by atomic mass is 9.91. The lowest BCUT2D eigenvalue weighted by Crippen LogP contribution is -2.22. The van der Waals surface area contributed by atoms with Crippen molar-refractivity contribution in [1.82, 2.24) is 0 Å². The summed E-state index contributed by atoms with van der Waals surface area (Å²) >= 11 is 0.589. The van der Waals surface area contributed by atoms with Crippen molar-refractivity contribution in [2.75, 3.05) is 5.32 Å². The predicted molar refractivity (Wildman–Crippen MR) is 77.9 cm³/mol. The number of anilines is 1. The second-order valence-electron chi connectivity index (χ2n) is 6.20. The molecule has 2 unspecified atom stereocenters. The highest BCUT2D eigenvalue weighted by Gasteiger charge is 2.36. The Morgan fingerprint density at radius 2 is 1.84 bits per heavy atom. The van der Waals surface area contributed by atoms with Crippen LogP contribution >= 0.6 is 11.8 Å². The molecule has 0 spiro atoms. The Bertz CT molecular complexity index is 417. The van der Waals surface area contributed by atoms with Crippen molar-refractivity contribution < 1.29 is 8.78 Å². The summed E-state index contributed by atoms with van der Waals surface area (Å²) in [6.07, 6.45) is 2.38. The molecule has 1 aromatic rings. The van der Waals surface area contributed by atoms with E-state index in [2.05, 4.69) is 26.1 Å². The summed E-state index contributed by atoms with van der Waals surface area (Å²) in [6, 6.07) is 7.77. The molecule has 0 bridgehead atoms. The Morgan fingerprint density at radius 3 is 2.32 bits per heavy atom. The molecule has 2 atom stereocenters. The molecular formula is C15H21F2NS. The Balaban J connectivity index is 1.96. The van der Waals surface area contributed by atoms with E-state index in [9.17, 15) is 8.78 Å². The van der Waals surface area contributed by atoms with E-state index in [-0.39, 0.29) is 0 Å². The third-order valence-electron chi connectivity index (χ3n) is 3.77. The molecule has 0 saturated heterocycles. The van der Waals surface area contributed by atoms with E-state index in [0.717, 1.165) is 12.1 Å². The van der Waals surface area contributed by atoms with Gasteiger partial charge in [-0.3, -0.25) is 0 Å². The standard InChI is InChI=1S/C15H21F2NS/c1-10-8-15(2,3)9-13(10)18-11-4-6-12(7-5-11)19-14(16)17/h4-7,10,13-14,18H,8-9H2,1-3H3. The normalized spacial score (nSPS) is 25.8. The van der Waals surface area contributed by atoms with Crippen LogP contribution in [-0.2, 0) is 0 Å². The first-order chi connectivity index (χ1) is 8.85. The molecule has 0 aliphatic heterocycles. The SMILES string of the molecule is CC1CC(C)(C)CC1Nc1ccc(SC(F)F)cc1. The highest BCUT2D eigenvalue weighted by Crippen LogP contribution is 2.42. The summed E-state index contributed by atoms with van der Waals surface area (Å²) in [4.78, 5) is 0.611. The number of halogens is 2. The third kappa shape index (κ3) is 4.10. The van der Waals surface area contributed by atoms with Crippen molar-refractivity contribution in [3.05, 3.63) is 24.3 Å². The third-order valence-corrected chi connectivity index (χ3v) is 4.49. The van der Waals surface area contributed by atoms with E-state index in [1.165, 1.54) is 6.42 Å². The average molecular weight is 285 g/mol. The van der Waals surface area contributed by atoms with Gasteiger partial charge >= 0.3 is 0 Å². The Kier molecular flexibility index (Phi) is 4.39. The van der Waals surface area contributed by atoms with Crippen molar-refractivity contribution in [2.24, 2.45) is 11.3 Å². The minimum Gasteiger partial charge on any atom is -0.382 e. The van der Waals surface area contributed by atoms with Crippen molar-refractivity contribution in [2.45, 2.75) is 50.3 Å². The number of alkyl halides is 2. The van der Waals surface area contributed by atoms with Gasteiger partial charge in [-0.1, -0.05) is 32.5 Å². The van der Waals surface area contributed by atoms with Crippen LogP contribution in [0, 0.1) is 11.3 Å². The second kappa shape index (κ2) is 5.70. The van der Waals surface area contributed by atoms with Crippen LogP contribution in [0.4, 0.5) is 14.5 Å². The van der Waals surface area contributed by atoms with E-state index < -0.39 is 5.76 Å². The van der Waals surface area contributed by atoms with Gasteiger partial charge in [-0.05, 0) is 48.4 Å². The molecule has 1 aliphatic carbocycles. The van der Waals surface area contributed by atoms with Crippen LogP contribution in [-0.4, -0.2) is 11.8 Å². The molecule has 2 rings (SSSR count). The van der Waals surface area contributed by atoms with E-state index in [4.69, 9.17) is 0 Å². The summed E-state index contributed by atoms with van der Waals surface area (Å²) in [5.41, 5.74) is 1.41. The number of thioether (sulfide) groups is 1. The molecule has 4 heteroatoms. The van der Waals surface area contributed by atoms with Crippen molar-refractivity contribution in [3.8, 4) is 0 Å². The maximum Gasteiger partial charge on any atom is 0.288 e. The summed E-state index contributed by atoms with van der Waals surface area (Å²) < 4.78 is 24.5. The molecule has 1 N–H and O–H groups in total. The predicted octanol–water partition coefficient (Wildman–Crippen LogP) is 5.24. The lowest BCUT2D eigenvalue weighted by Gasteiger charge is -2.20. The summed E-state index contributed by atoms with van der Waals surface area (Å²) in [5.74, 6) is -1.71. The van der Waals surface area contributed by atoms with Crippen molar-refractivity contribution >= 4 is 17.4 Å². The van der Waals surface area contributed by atoms with Crippen LogP contribution in [0.1, 0.15) is 33.6 Å². The van der Waals surface area contributed by atoms with Crippen LogP contribution < -0.4 is 5.32 Å². The highest BCUT2D eigenvalue weighted by molar-refractivity contribution is 7.99. The van der Waals surface area contributed by atoms with Crippen molar-refractivity contribution in [1.29, 1.82) is 0 Å². The van der Waals surface area contributed by atoms with Crippen LogP contribution in [0.25, 0.3) is 0 Å². The molecule has 1 fully saturated rings. The fourth-order valence-corrected chi connectivity index (χ4v) is 3.53. The molecule has 1 aromatic carbocycles. The van der Waals surface area contributed by atoms with Gasteiger partial charge in [-0.25, -0.2) is 0 Å². The fourth-order valence-electron chi connectivity index (χ4n) is 3.03. The first-order valence-electron chi connectivity index (χ1n) is 6.67. The van der Waals surface area contributed by atoms with E-state index in [1.807, 2.05) is 12.1 Å². The molecule has 106 valence electrons.